The van der Waals surface area contributed by atoms with Crippen molar-refractivity contribution in [3.63, 3.8) is 0 Å². The number of carboxylic acid groups (broad SMARTS) is 1. The van der Waals surface area contributed by atoms with E-state index < -0.39 is 18.0 Å². The lowest BCUT2D eigenvalue weighted by atomic mass is 10.1. The second-order valence-corrected chi connectivity index (χ2v) is 10.9. The Morgan fingerprint density at radius 1 is 1.11 bits per heavy atom. The van der Waals surface area contributed by atoms with Crippen LogP contribution >= 0.6 is 0 Å². The van der Waals surface area contributed by atoms with Crippen molar-refractivity contribution >= 4 is 17.6 Å². The number of halogens is 4. The molecule has 9 nitrogen and oxygen atoms in total. The molecule has 44 heavy (non-hydrogen) atoms. The molecule has 2 aliphatic rings. The predicted octanol–water partition coefficient (Wildman–Crippen LogP) is 5.55. The van der Waals surface area contributed by atoms with Gasteiger partial charge in [0.25, 0.3) is 0 Å². The normalized spacial score (nSPS) is 15.5. The van der Waals surface area contributed by atoms with Crippen LogP contribution in [0.3, 0.4) is 0 Å². The van der Waals surface area contributed by atoms with E-state index in [0.29, 0.717) is 0 Å². The highest BCUT2D eigenvalue weighted by Gasteiger charge is 2.38. The third kappa shape index (κ3) is 8.79. The van der Waals surface area contributed by atoms with Crippen LogP contribution in [0.25, 0.3) is 0 Å². The number of benzene rings is 2. The average molecular weight is 615 g/mol. The van der Waals surface area contributed by atoms with Gasteiger partial charge in [0.2, 0.25) is 0 Å². The number of nitriles is 1. The molecule has 13 heteroatoms. The Kier molecular flexibility index (Phi) is 10.6. The summed E-state index contributed by atoms with van der Waals surface area (Å²) in [7, 11) is 0. The lowest BCUT2D eigenvalue weighted by molar-refractivity contribution is -0.192. The first-order valence-electron chi connectivity index (χ1n) is 14.3. The number of carboxylic acids is 1. The summed E-state index contributed by atoms with van der Waals surface area (Å²) in [5.41, 5.74) is 3.71. The van der Waals surface area contributed by atoms with E-state index >= 15 is 0 Å². The van der Waals surface area contributed by atoms with Crippen LogP contribution in [0.15, 0.2) is 48.5 Å². The molecule has 2 N–H and O–H groups in total. The first-order chi connectivity index (χ1) is 20.9. The number of rotatable bonds is 7. The summed E-state index contributed by atoms with van der Waals surface area (Å²) in [5.74, 6) is -1.33. The van der Waals surface area contributed by atoms with Crippen molar-refractivity contribution in [1.82, 2.24) is 14.9 Å². The summed E-state index contributed by atoms with van der Waals surface area (Å²) >= 11 is 0. The minimum Gasteiger partial charge on any atom is -0.487 e. The van der Waals surface area contributed by atoms with E-state index in [0.717, 1.165) is 75.0 Å². The maximum atomic E-state index is 14.3. The molecule has 1 fully saturated rings. The van der Waals surface area contributed by atoms with Gasteiger partial charge in [0.1, 0.15) is 6.10 Å². The highest BCUT2D eigenvalue weighted by Crippen LogP contribution is 2.31. The molecular weight excluding hydrogens is 580 g/mol. The Hall–Kier alpha value is -4.44. The number of hydrogen-bond donors (Lipinski definition) is 2. The average Bonchev–Trinajstić information content (AvgIpc) is 2.98. The van der Waals surface area contributed by atoms with Gasteiger partial charge in [0.05, 0.1) is 23.0 Å². The van der Waals surface area contributed by atoms with Gasteiger partial charge in [-0.1, -0.05) is 30.3 Å². The Labute approximate surface area is 253 Å². The molecule has 0 atom stereocenters. The minimum absolute atomic E-state index is 0.0906. The van der Waals surface area contributed by atoms with Gasteiger partial charge in [-0.25, -0.2) is 19.2 Å². The highest BCUT2D eigenvalue weighted by molar-refractivity contribution is 5.73. The third-order valence-electron chi connectivity index (χ3n) is 7.08. The maximum absolute atomic E-state index is 14.3. The summed E-state index contributed by atoms with van der Waals surface area (Å²) in [4.78, 5) is 23.8. The molecule has 2 aromatic carbocycles. The number of piperidine rings is 1. The number of carbonyl (C=O) groups is 1. The fraction of sp³-hybridized carbons (Fsp3) is 0.419. The fourth-order valence-electron chi connectivity index (χ4n) is 4.97. The number of anilines is 2. The van der Waals surface area contributed by atoms with Crippen LogP contribution < -0.4 is 15.0 Å². The SMILES string of the molecule is CC(C)Nc1nc2c(nc1N1CCC(Oc3ccc(C#N)cc3F)CC1)CN(Cc1ccccc1)CC2.O=C(O)C(F)(F)F. The quantitative estimate of drug-likeness (QED) is 0.331. The van der Waals surface area contributed by atoms with E-state index in [-0.39, 0.29) is 23.5 Å². The molecule has 2 aliphatic heterocycles. The van der Waals surface area contributed by atoms with Gasteiger partial charge in [0.15, 0.2) is 23.2 Å². The Balaban J connectivity index is 0.000000566. The molecule has 0 aliphatic carbocycles. The molecule has 5 rings (SSSR count). The number of hydrogen-bond acceptors (Lipinski definition) is 8. The highest BCUT2D eigenvalue weighted by atomic mass is 19.4. The zero-order valence-electron chi connectivity index (χ0n) is 24.4. The zero-order chi connectivity index (χ0) is 31.9. The van der Waals surface area contributed by atoms with Crippen LogP contribution in [0.1, 0.15) is 49.2 Å². The van der Waals surface area contributed by atoms with Gasteiger partial charge in [-0.3, -0.25) is 4.90 Å². The molecule has 0 bridgehead atoms. The minimum atomic E-state index is -5.08. The molecule has 0 unspecified atom stereocenters. The van der Waals surface area contributed by atoms with Crippen molar-refractivity contribution in [2.24, 2.45) is 0 Å². The van der Waals surface area contributed by atoms with E-state index in [9.17, 15) is 17.6 Å². The van der Waals surface area contributed by atoms with Gasteiger partial charge in [-0.15, -0.1) is 0 Å². The van der Waals surface area contributed by atoms with Crippen LogP contribution in [-0.4, -0.2) is 63.9 Å². The lowest BCUT2D eigenvalue weighted by Gasteiger charge is -2.35. The van der Waals surface area contributed by atoms with Crippen molar-refractivity contribution in [1.29, 1.82) is 5.26 Å². The summed E-state index contributed by atoms with van der Waals surface area (Å²) in [6.07, 6.45) is -2.79. The van der Waals surface area contributed by atoms with Crippen LogP contribution in [0.2, 0.25) is 0 Å². The second kappa shape index (κ2) is 14.4. The van der Waals surface area contributed by atoms with Gasteiger partial charge in [-0.05, 0) is 37.6 Å². The van der Waals surface area contributed by atoms with Crippen molar-refractivity contribution in [3.05, 3.63) is 76.9 Å². The largest absolute Gasteiger partial charge is 0.490 e. The number of fused-ring (bicyclic) bond motifs is 1. The molecule has 0 amide bonds. The van der Waals surface area contributed by atoms with Crippen molar-refractivity contribution < 1.29 is 32.2 Å². The number of nitrogens with zero attached hydrogens (tertiary/aromatic N) is 5. The van der Waals surface area contributed by atoms with Crippen molar-refractivity contribution in [2.75, 3.05) is 29.9 Å². The first-order valence-corrected chi connectivity index (χ1v) is 14.3. The van der Waals surface area contributed by atoms with E-state index in [4.69, 9.17) is 29.9 Å². The second-order valence-electron chi connectivity index (χ2n) is 10.9. The number of ether oxygens (including phenoxy) is 1. The first kappa shape index (κ1) is 32.5. The molecule has 0 spiro atoms. The van der Waals surface area contributed by atoms with E-state index in [1.165, 1.54) is 11.6 Å². The van der Waals surface area contributed by atoms with Crippen LogP contribution in [0.4, 0.5) is 29.2 Å². The van der Waals surface area contributed by atoms with Gasteiger partial charge in [0, 0.05) is 58.0 Å². The molecule has 3 heterocycles. The third-order valence-corrected chi connectivity index (χ3v) is 7.08. The molecular formula is C31H34F4N6O3. The summed E-state index contributed by atoms with van der Waals surface area (Å²) < 4.78 is 52.0. The molecule has 0 saturated carbocycles. The Morgan fingerprint density at radius 3 is 2.39 bits per heavy atom. The van der Waals surface area contributed by atoms with Gasteiger partial charge in [-0.2, -0.15) is 18.4 Å². The van der Waals surface area contributed by atoms with Crippen LogP contribution in [0, 0.1) is 17.1 Å². The smallest absolute Gasteiger partial charge is 0.487 e. The summed E-state index contributed by atoms with van der Waals surface area (Å²) in [6.45, 7) is 8.36. The van der Waals surface area contributed by atoms with Gasteiger partial charge >= 0.3 is 12.1 Å². The van der Waals surface area contributed by atoms with Gasteiger partial charge < -0.3 is 20.1 Å². The topological polar surface area (TPSA) is 115 Å². The van der Waals surface area contributed by atoms with E-state index in [1.54, 1.807) is 12.1 Å². The van der Waals surface area contributed by atoms with E-state index in [2.05, 4.69) is 53.2 Å². The standard InChI is InChI=1S/C29H33FN6O.C2HF3O2/c1-20(2)32-28-29(34-26-19-35(13-12-25(26)33-28)18-21-6-4-3-5-7-21)36-14-10-23(11-15-36)37-27-9-8-22(17-31)16-24(27)30;3-2(4,5)1(6)7/h3-9,16,20,23H,10-15,18-19H2,1-2H3,(H,32,33);(H,6,7). The molecule has 3 aromatic rings. The fourth-order valence-corrected chi connectivity index (χ4v) is 4.97. The lowest BCUT2D eigenvalue weighted by Crippen LogP contribution is -2.40. The van der Waals surface area contributed by atoms with Crippen LogP contribution in [-0.2, 0) is 24.3 Å². The van der Waals surface area contributed by atoms with Crippen molar-refractivity contribution in [3.8, 4) is 11.8 Å². The number of aliphatic carboxylic acids is 1. The summed E-state index contributed by atoms with van der Waals surface area (Å²) in [5, 5.41) is 19.6. The predicted molar refractivity (Wildman–Crippen MR) is 156 cm³/mol. The number of alkyl halides is 3. The molecule has 0 radical (unpaired) electrons. The molecule has 1 saturated heterocycles. The zero-order valence-corrected chi connectivity index (χ0v) is 24.4. The maximum Gasteiger partial charge on any atom is 0.490 e. The number of aromatic nitrogens is 2. The van der Waals surface area contributed by atoms with E-state index in [1.807, 2.05) is 12.1 Å². The number of nitrogens with one attached hydrogen (secondary N) is 1. The monoisotopic (exact) mass is 614 g/mol. The Morgan fingerprint density at radius 2 is 1.80 bits per heavy atom. The molecule has 234 valence electrons. The molecule has 1 aromatic heterocycles. The Bertz CT molecular complexity index is 1470. The van der Waals surface area contributed by atoms with Crippen molar-refractivity contribution in [2.45, 2.75) is 64.5 Å². The summed E-state index contributed by atoms with van der Waals surface area (Å²) in [6, 6.07) is 17.1. The van der Waals surface area contributed by atoms with Crippen LogP contribution in [0.5, 0.6) is 5.75 Å².